The fourth-order valence-corrected chi connectivity index (χ4v) is 4.51. The average Bonchev–Trinajstić information content (AvgIpc) is 3.10. The molecule has 0 bridgehead atoms. The van der Waals surface area contributed by atoms with Crippen LogP contribution in [0.4, 0.5) is 0 Å². The lowest BCUT2D eigenvalue weighted by atomic mass is 10.0. The molecule has 2 aliphatic rings. The van der Waals surface area contributed by atoms with Crippen molar-refractivity contribution in [2.75, 3.05) is 25.4 Å². The van der Waals surface area contributed by atoms with Crippen molar-refractivity contribution in [1.82, 2.24) is 9.62 Å². The molecule has 0 aromatic carbocycles. The number of hydrogen-bond acceptors (Lipinski definition) is 3. The van der Waals surface area contributed by atoms with E-state index in [-0.39, 0.29) is 12.0 Å². The van der Waals surface area contributed by atoms with Crippen LogP contribution in [-0.4, -0.2) is 44.2 Å². The zero-order chi connectivity index (χ0) is 12.3. The first-order valence-corrected chi connectivity index (χ1v) is 8.05. The van der Waals surface area contributed by atoms with Gasteiger partial charge < -0.3 is 5.32 Å². The Morgan fingerprint density at radius 1 is 1.35 bits per heavy atom. The summed E-state index contributed by atoms with van der Waals surface area (Å²) in [5, 5.41) is 3.27. The maximum absolute atomic E-state index is 12.3. The van der Waals surface area contributed by atoms with Gasteiger partial charge in [-0.2, -0.15) is 4.31 Å². The average molecular weight is 258 g/mol. The third-order valence-corrected chi connectivity index (χ3v) is 5.52. The first kappa shape index (κ1) is 13.1. The van der Waals surface area contributed by atoms with Gasteiger partial charge in [0, 0.05) is 12.6 Å². The van der Waals surface area contributed by atoms with Crippen molar-refractivity contribution in [2.24, 2.45) is 5.92 Å². The molecule has 0 radical (unpaired) electrons. The molecule has 1 unspecified atom stereocenters. The minimum absolute atomic E-state index is 0.245. The van der Waals surface area contributed by atoms with E-state index in [1.54, 1.807) is 10.4 Å². The van der Waals surface area contributed by atoms with Crippen LogP contribution in [0.25, 0.3) is 0 Å². The van der Waals surface area contributed by atoms with Gasteiger partial charge in [-0.25, -0.2) is 8.42 Å². The van der Waals surface area contributed by atoms with E-state index < -0.39 is 10.0 Å². The highest BCUT2D eigenvalue weighted by atomic mass is 32.2. The molecular weight excluding hydrogens is 236 g/mol. The van der Waals surface area contributed by atoms with Gasteiger partial charge in [-0.15, -0.1) is 6.58 Å². The molecule has 0 aromatic heterocycles. The molecule has 0 aromatic rings. The summed E-state index contributed by atoms with van der Waals surface area (Å²) in [6, 6.07) is 0.245. The van der Waals surface area contributed by atoms with Gasteiger partial charge in [-0.05, 0) is 44.7 Å². The lowest BCUT2D eigenvalue weighted by Crippen LogP contribution is -2.41. The number of sulfonamides is 1. The Kier molecular flexibility index (Phi) is 4.22. The Labute approximate surface area is 104 Å². The molecule has 1 saturated heterocycles. The van der Waals surface area contributed by atoms with Crippen molar-refractivity contribution in [3.8, 4) is 0 Å². The Bertz CT molecular complexity index is 357. The van der Waals surface area contributed by atoms with Crippen molar-refractivity contribution < 1.29 is 8.42 Å². The lowest BCUT2D eigenvalue weighted by molar-refractivity contribution is 0.384. The zero-order valence-electron chi connectivity index (χ0n) is 10.3. The largest absolute Gasteiger partial charge is 0.316 e. The Hall–Kier alpha value is -0.390. The molecule has 2 fully saturated rings. The minimum atomic E-state index is -3.10. The normalized spacial score (nSPS) is 26.1. The standard InChI is InChI=1S/C12H22N2O2S/c1-2-8-14(12-5-6-12)17(15,16)10-11-4-3-7-13-9-11/h2,11-13H,1,3-10H2. The second-order valence-corrected chi connectivity index (χ2v) is 7.05. The fraction of sp³-hybridized carbons (Fsp3) is 0.833. The molecule has 1 heterocycles. The van der Waals surface area contributed by atoms with Gasteiger partial charge >= 0.3 is 0 Å². The van der Waals surface area contributed by atoms with Gasteiger partial charge in [0.2, 0.25) is 10.0 Å². The monoisotopic (exact) mass is 258 g/mol. The van der Waals surface area contributed by atoms with Crippen LogP contribution >= 0.6 is 0 Å². The Morgan fingerprint density at radius 2 is 2.12 bits per heavy atom. The van der Waals surface area contributed by atoms with Gasteiger partial charge in [-0.3, -0.25) is 0 Å². The van der Waals surface area contributed by atoms with Gasteiger partial charge in [0.15, 0.2) is 0 Å². The van der Waals surface area contributed by atoms with Crippen LogP contribution in [0.3, 0.4) is 0 Å². The van der Waals surface area contributed by atoms with Crippen molar-refractivity contribution in [3.05, 3.63) is 12.7 Å². The zero-order valence-corrected chi connectivity index (χ0v) is 11.1. The summed E-state index contributed by atoms with van der Waals surface area (Å²) in [7, 11) is -3.10. The minimum Gasteiger partial charge on any atom is -0.316 e. The van der Waals surface area contributed by atoms with E-state index in [4.69, 9.17) is 0 Å². The molecule has 5 heteroatoms. The van der Waals surface area contributed by atoms with E-state index in [1.807, 2.05) is 0 Å². The fourth-order valence-electron chi connectivity index (χ4n) is 2.44. The van der Waals surface area contributed by atoms with E-state index >= 15 is 0 Å². The predicted octanol–water partition coefficient (Wildman–Crippen LogP) is 0.966. The van der Waals surface area contributed by atoms with Crippen LogP contribution in [0, 0.1) is 5.92 Å². The van der Waals surface area contributed by atoms with Gasteiger partial charge in [-0.1, -0.05) is 6.08 Å². The third kappa shape index (κ3) is 3.53. The predicted molar refractivity (Wildman–Crippen MR) is 69.3 cm³/mol. The van der Waals surface area contributed by atoms with Crippen LogP contribution in [0.2, 0.25) is 0 Å². The van der Waals surface area contributed by atoms with Gasteiger partial charge in [0.1, 0.15) is 0 Å². The third-order valence-electron chi connectivity index (χ3n) is 3.47. The first-order chi connectivity index (χ1) is 8.13. The topological polar surface area (TPSA) is 49.4 Å². The molecule has 2 rings (SSSR count). The lowest BCUT2D eigenvalue weighted by Gasteiger charge is -2.26. The van der Waals surface area contributed by atoms with E-state index in [9.17, 15) is 8.42 Å². The second kappa shape index (κ2) is 5.50. The Morgan fingerprint density at radius 3 is 2.65 bits per heavy atom. The van der Waals surface area contributed by atoms with Crippen molar-refractivity contribution in [2.45, 2.75) is 31.7 Å². The van der Waals surface area contributed by atoms with Gasteiger partial charge in [0.25, 0.3) is 0 Å². The maximum atomic E-state index is 12.3. The molecule has 4 nitrogen and oxygen atoms in total. The van der Waals surface area contributed by atoms with Crippen molar-refractivity contribution in [1.29, 1.82) is 0 Å². The number of nitrogens with zero attached hydrogens (tertiary/aromatic N) is 1. The van der Waals surface area contributed by atoms with E-state index in [2.05, 4.69) is 11.9 Å². The quantitative estimate of drug-likeness (QED) is 0.722. The van der Waals surface area contributed by atoms with E-state index in [0.29, 0.717) is 12.3 Å². The van der Waals surface area contributed by atoms with Crippen LogP contribution in [0.1, 0.15) is 25.7 Å². The van der Waals surface area contributed by atoms with Crippen molar-refractivity contribution in [3.63, 3.8) is 0 Å². The SMILES string of the molecule is C=CCN(C1CC1)S(=O)(=O)CC1CCCNC1. The number of piperidine rings is 1. The highest BCUT2D eigenvalue weighted by Gasteiger charge is 2.37. The Balaban J connectivity index is 1.97. The second-order valence-electron chi connectivity index (χ2n) is 5.08. The summed E-state index contributed by atoms with van der Waals surface area (Å²) in [6.07, 6.45) is 5.82. The van der Waals surface area contributed by atoms with Crippen LogP contribution in [0.15, 0.2) is 12.7 Å². The highest BCUT2D eigenvalue weighted by Crippen LogP contribution is 2.30. The molecule has 17 heavy (non-hydrogen) atoms. The number of hydrogen-bond donors (Lipinski definition) is 1. The molecule has 0 spiro atoms. The molecule has 1 aliphatic heterocycles. The molecule has 1 atom stereocenters. The highest BCUT2D eigenvalue weighted by molar-refractivity contribution is 7.89. The van der Waals surface area contributed by atoms with Crippen LogP contribution in [0.5, 0.6) is 0 Å². The molecule has 98 valence electrons. The summed E-state index contributed by atoms with van der Waals surface area (Å²) in [5.74, 6) is 0.574. The summed E-state index contributed by atoms with van der Waals surface area (Å²) >= 11 is 0. The van der Waals surface area contributed by atoms with Crippen LogP contribution < -0.4 is 5.32 Å². The summed E-state index contributed by atoms with van der Waals surface area (Å²) in [5.41, 5.74) is 0. The van der Waals surface area contributed by atoms with Gasteiger partial charge in [0.05, 0.1) is 5.75 Å². The van der Waals surface area contributed by atoms with E-state index in [0.717, 1.165) is 38.8 Å². The van der Waals surface area contributed by atoms with E-state index in [1.165, 1.54) is 0 Å². The van der Waals surface area contributed by atoms with Crippen molar-refractivity contribution >= 4 is 10.0 Å². The number of nitrogens with one attached hydrogen (secondary N) is 1. The first-order valence-electron chi connectivity index (χ1n) is 6.44. The molecule has 0 amide bonds. The maximum Gasteiger partial charge on any atom is 0.214 e. The molecule has 1 aliphatic carbocycles. The smallest absolute Gasteiger partial charge is 0.214 e. The number of rotatable bonds is 6. The summed E-state index contributed by atoms with van der Waals surface area (Å²) < 4.78 is 26.3. The molecule has 1 saturated carbocycles. The molecule has 1 N–H and O–H groups in total. The summed E-state index contributed by atoms with van der Waals surface area (Å²) in [6.45, 7) is 5.98. The molecular formula is C12H22N2O2S. The summed E-state index contributed by atoms with van der Waals surface area (Å²) in [4.78, 5) is 0. The van der Waals surface area contributed by atoms with Crippen LogP contribution in [-0.2, 0) is 10.0 Å².